The molecule has 1 saturated heterocycles. The van der Waals surface area contributed by atoms with Gasteiger partial charge in [0.15, 0.2) is 0 Å². The van der Waals surface area contributed by atoms with Crippen LogP contribution in [0.3, 0.4) is 0 Å². The predicted octanol–water partition coefficient (Wildman–Crippen LogP) is 0.0564. The van der Waals surface area contributed by atoms with Crippen LogP contribution in [0.2, 0.25) is 0 Å². The Morgan fingerprint density at radius 3 is 3.06 bits per heavy atom. The fraction of sp³-hybridized carbons (Fsp3) is 0.500. The monoisotopic (exact) mass is 235 g/mol. The Morgan fingerprint density at radius 2 is 2.41 bits per heavy atom. The van der Waals surface area contributed by atoms with Gasteiger partial charge >= 0.3 is 0 Å². The summed E-state index contributed by atoms with van der Waals surface area (Å²) in [5, 5.41) is 2.85. The molecule has 0 aliphatic carbocycles. The van der Waals surface area contributed by atoms with Crippen molar-refractivity contribution in [1.29, 1.82) is 0 Å². The van der Waals surface area contributed by atoms with Crippen LogP contribution < -0.4 is 10.9 Å². The number of nitrogens with zero attached hydrogens (tertiary/aromatic N) is 1. The predicted molar refractivity (Wildman–Crippen MR) is 65.0 cm³/mol. The van der Waals surface area contributed by atoms with Gasteiger partial charge in [-0.15, -0.1) is 0 Å². The summed E-state index contributed by atoms with van der Waals surface area (Å²) < 4.78 is 0. The zero-order valence-corrected chi connectivity index (χ0v) is 9.90. The highest BCUT2D eigenvalue weighted by atomic mass is 16.2. The molecule has 0 aromatic carbocycles. The molecule has 1 amide bonds. The number of hydrogen-bond donors (Lipinski definition) is 2. The summed E-state index contributed by atoms with van der Waals surface area (Å²) in [6.07, 6.45) is 1.11. The summed E-state index contributed by atoms with van der Waals surface area (Å²) >= 11 is 0. The summed E-state index contributed by atoms with van der Waals surface area (Å²) in [6.45, 7) is 2.77. The van der Waals surface area contributed by atoms with E-state index in [2.05, 4.69) is 22.2 Å². The van der Waals surface area contributed by atoms with E-state index in [1.807, 2.05) is 0 Å². The first-order valence-electron chi connectivity index (χ1n) is 5.81. The summed E-state index contributed by atoms with van der Waals surface area (Å²) in [5.41, 5.74) is 0.0714. The molecule has 0 radical (unpaired) electrons. The molecule has 1 unspecified atom stereocenters. The van der Waals surface area contributed by atoms with Gasteiger partial charge in [0.2, 0.25) is 5.56 Å². The Labute approximate surface area is 99.8 Å². The molecule has 1 aliphatic heterocycles. The van der Waals surface area contributed by atoms with E-state index in [4.69, 9.17) is 0 Å². The van der Waals surface area contributed by atoms with E-state index >= 15 is 0 Å². The first kappa shape index (κ1) is 11.9. The van der Waals surface area contributed by atoms with E-state index in [1.54, 1.807) is 12.1 Å². The largest absolute Gasteiger partial charge is 0.350 e. The molecule has 2 N–H and O–H groups in total. The molecule has 2 heterocycles. The van der Waals surface area contributed by atoms with Crippen molar-refractivity contribution in [1.82, 2.24) is 15.2 Å². The van der Waals surface area contributed by atoms with E-state index in [0.717, 1.165) is 19.5 Å². The molecule has 17 heavy (non-hydrogen) atoms. The Bertz CT molecular complexity index is 455. The molecule has 1 aliphatic rings. The van der Waals surface area contributed by atoms with Gasteiger partial charge in [0.05, 0.1) is 0 Å². The number of aromatic amines is 1. The third-order valence-electron chi connectivity index (χ3n) is 3.05. The molecule has 1 atom stereocenters. The lowest BCUT2D eigenvalue weighted by atomic mass is 10.1. The smallest absolute Gasteiger partial charge is 0.267 e. The number of pyridine rings is 1. The Hall–Kier alpha value is -1.62. The third kappa shape index (κ3) is 3.17. The highest BCUT2D eigenvalue weighted by molar-refractivity contribution is 5.92. The number of amides is 1. The van der Waals surface area contributed by atoms with E-state index in [9.17, 15) is 9.59 Å². The van der Waals surface area contributed by atoms with Crippen LogP contribution in [0.5, 0.6) is 0 Å². The summed E-state index contributed by atoms with van der Waals surface area (Å²) in [4.78, 5) is 27.6. The van der Waals surface area contributed by atoms with E-state index in [0.29, 0.717) is 18.2 Å². The van der Waals surface area contributed by atoms with Gasteiger partial charge in [0.1, 0.15) is 5.69 Å². The maximum Gasteiger partial charge on any atom is 0.267 e. The van der Waals surface area contributed by atoms with Crippen molar-refractivity contribution >= 4 is 5.91 Å². The van der Waals surface area contributed by atoms with Gasteiger partial charge in [-0.2, -0.15) is 0 Å². The number of nitrogens with one attached hydrogen (secondary N) is 2. The van der Waals surface area contributed by atoms with Crippen molar-refractivity contribution in [3.05, 3.63) is 34.2 Å². The minimum atomic E-state index is -0.252. The molecule has 5 nitrogen and oxygen atoms in total. The van der Waals surface area contributed by atoms with Crippen LogP contribution in [0.1, 0.15) is 16.9 Å². The first-order chi connectivity index (χ1) is 8.15. The zero-order chi connectivity index (χ0) is 12.3. The van der Waals surface area contributed by atoms with Crippen LogP contribution in [0.15, 0.2) is 23.0 Å². The van der Waals surface area contributed by atoms with E-state index in [1.165, 1.54) is 6.07 Å². The van der Waals surface area contributed by atoms with Crippen LogP contribution in [0.4, 0.5) is 0 Å². The van der Waals surface area contributed by atoms with Gasteiger partial charge < -0.3 is 15.2 Å². The number of carbonyl (C=O) groups is 1. The molecule has 0 spiro atoms. The van der Waals surface area contributed by atoms with Crippen molar-refractivity contribution in [3.63, 3.8) is 0 Å². The maximum atomic E-state index is 11.7. The molecule has 1 aromatic rings. The molecular weight excluding hydrogens is 218 g/mol. The standard InChI is InChI=1S/C12H17N3O2/c1-15-6-5-9(8-15)7-13-12(17)10-3-2-4-11(16)14-10/h2-4,9H,5-8H2,1H3,(H,13,17)(H,14,16). The topological polar surface area (TPSA) is 65.2 Å². The average Bonchev–Trinajstić information content (AvgIpc) is 2.72. The fourth-order valence-corrected chi connectivity index (χ4v) is 2.11. The summed E-state index contributed by atoms with van der Waals surface area (Å²) in [7, 11) is 2.08. The Kier molecular flexibility index (Phi) is 3.58. The Balaban J connectivity index is 1.87. The maximum absolute atomic E-state index is 11.7. The highest BCUT2D eigenvalue weighted by Crippen LogP contribution is 2.12. The second-order valence-corrected chi connectivity index (χ2v) is 4.56. The van der Waals surface area contributed by atoms with Crippen LogP contribution >= 0.6 is 0 Å². The molecule has 5 heteroatoms. The third-order valence-corrected chi connectivity index (χ3v) is 3.05. The van der Waals surface area contributed by atoms with Crippen LogP contribution in [-0.4, -0.2) is 42.5 Å². The number of rotatable bonds is 3. The van der Waals surface area contributed by atoms with Crippen LogP contribution in [0.25, 0.3) is 0 Å². The number of aromatic nitrogens is 1. The molecule has 1 aromatic heterocycles. The van der Waals surface area contributed by atoms with Gasteiger partial charge in [-0.05, 0) is 32.0 Å². The number of likely N-dealkylation sites (tertiary alicyclic amines) is 1. The lowest BCUT2D eigenvalue weighted by Gasteiger charge is -2.11. The molecule has 0 bridgehead atoms. The molecule has 92 valence electrons. The second-order valence-electron chi connectivity index (χ2n) is 4.56. The summed E-state index contributed by atoms with van der Waals surface area (Å²) in [6, 6.07) is 4.58. The second kappa shape index (κ2) is 5.14. The van der Waals surface area contributed by atoms with Crippen molar-refractivity contribution in [2.45, 2.75) is 6.42 Å². The number of H-pyrrole nitrogens is 1. The van der Waals surface area contributed by atoms with Gasteiger partial charge in [0.25, 0.3) is 5.91 Å². The van der Waals surface area contributed by atoms with Crippen molar-refractivity contribution in [2.75, 3.05) is 26.7 Å². The van der Waals surface area contributed by atoms with E-state index < -0.39 is 0 Å². The van der Waals surface area contributed by atoms with Crippen LogP contribution in [-0.2, 0) is 0 Å². The minimum absolute atomic E-state index is 0.211. The normalized spacial score (nSPS) is 20.4. The molecular formula is C12H17N3O2. The quantitative estimate of drug-likeness (QED) is 0.778. The van der Waals surface area contributed by atoms with Crippen molar-refractivity contribution in [3.8, 4) is 0 Å². The van der Waals surface area contributed by atoms with Gasteiger partial charge in [-0.25, -0.2) is 0 Å². The SMILES string of the molecule is CN1CCC(CNC(=O)c2cccc(=O)[nH]2)C1. The van der Waals surface area contributed by atoms with Crippen LogP contribution in [0, 0.1) is 5.92 Å². The van der Waals surface area contributed by atoms with Crippen molar-refractivity contribution < 1.29 is 4.79 Å². The van der Waals surface area contributed by atoms with Gasteiger partial charge in [-0.3, -0.25) is 9.59 Å². The Morgan fingerprint density at radius 1 is 1.59 bits per heavy atom. The van der Waals surface area contributed by atoms with Gasteiger partial charge in [0, 0.05) is 19.2 Å². The van der Waals surface area contributed by atoms with E-state index in [-0.39, 0.29) is 11.5 Å². The van der Waals surface area contributed by atoms with Crippen molar-refractivity contribution in [2.24, 2.45) is 5.92 Å². The van der Waals surface area contributed by atoms with Gasteiger partial charge in [-0.1, -0.05) is 6.07 Å². The zero-order valence-electron chi connectivity index (χ0n) is 9.90. The highest BCUT2D eigenvalue weighted by Gasteiger charge is 2.20. The minimum Gasteiger partial charge on any atom is -0.350 e. The molecule has 1 fully saturated rings. The lowest BCUT2D eigenvalue weighted by molar-refractivity contribution is 0.0942. The molecule has 0 saturated carbocycles. The summed E-state index contributed by atoms with van der Waals surface area (Å²) in [5.74, 6) is 0.302. The number of carbonyl (C=O) groups excluding carboxylic acids is 1. The fourth-order valence-electron chi connectivity index (χ4n) is 2.11. The molecule has 2 rings (SSSR count). The first-order valence-corrected chi connectivity index (χ1v) is 5.81. The number of hydrogen-bond acceptors (Lipinski definition) is 3. The lowest BCUT2D eigenvalue weighted by Crippen LogP contribution is -2.31. The average molecular weight is 235 g/mol.